The molecule has 1 aliphatic rings. The predicted molar refractivity (Wildman–Crippen MR) is 86.0 cm³/mol. The predicted octanol–water partition coefficient (Wildman–Crippen LogP) is 2.50. The molecule has 1 saturated heterocycles. The van der Waals surface area contributed by atoms with Crippen LogP contribution in [0, 0.1) is 0 Å². The van der Waals surface area contributed by atoms with Crippen LogP contribution >= 0.6 is 0 Å². The topological polar surface area (TPSA) is 66.0 Å². The van der Waals surface area contributed by atoms with E-state index in [1.165, 1.54) is 7.05 Å². The summed E-state index contributed by atoms with van der Waals surface area (Å²) in [4.78, 5) is 17.6. The fourth-order valence-corrected chi connectivity index (χ4v) is 2.30. The number of carbonyl (C=O) groups is 1. The molecule has 1 unspecified atom stereocenters. The van der Waals surface area contributed by atoms with Crippen LogP contribution in [0.1, 0.15) is 40.0 Å². The summed E-state index contributed by atoms with van der Waals surface area (Å²) in [6.45, 7) is 6.19. The van der Waals surface area contributed by atoms with Gasteiger partial charge in [-0.2, -0.15) is 13.2 Å². The standard InChI is InChI=1S/C15H27F3N4O2/c1-14(2,3)24-13(23)22-9-5-6-11(10-22)21-12(19-4)20-8-7-15(16,17)18/h11H,5-10H2,1-4H3,(H2,19,20,21). The van der Waals surface area contributed by atoms with Crippen LogP contribution in [0.2, 0.25) is 0 Å². The number of rotatable bonds is 3. The second-order valence-corrected chi connectivity index (χ2v) is 6.77. The highest BCUT2D eigenvalue weighted by atomic mass is 19.4. The van der Waals surface area contributed by atoms with Crippen molar-refractivity contribution in [1.29, 1.82) is 0 Å². The Morgan fingerprint density at radius 1 is 1.33 bits per heavy atom. The molecular weight excluding hydrogens is 325 g/mol. The van der Waals surface area contributed by atoms with E-state index in [0.717, 1.165) is 12.8 Å². The first kappa shape index (κ1) is 20.4. The Bertz CT molecular complexity index is 447. The third-order valence-electron chi connectivity index (χ3n) is 3.34. The van der Waals surface area contributed by atoms with Crippen molar-refractivity contribution in [2.24, 2.45) is 4.99 Å². The number of likely N-dealkylation sites (tertiary alicyclic amines) is 1. The van der Waals surface area contributed by atoms with E-state index < -0.39 is 18.2 Å². The summed E-state index contributed by atoms with van der Waals surface area (Å²) in [5.41, 5.74) is -0.563. The van der Waals surface area contributed by atoms with E-state index in [1.807, 2.05) is 0 Å². The number of amides is 1. The van der Waals surface area contributed by atoms with Gasteiger partial charge in [0.05, 0.1) is 6.42 Å². The molecule has 1 heterocycles. The summed E-state index contributed by atoms with van der Waals surface area (Å²) in [6.07, 6.45) is -3.92. The highest BCUT2D eigenvalue weighted by Gasteiger charge is 2.29. The molecule has 2 N–H and O–H groups in total. The maximum Gasteiger partial charge on any atom is 0.410 e. The Labute approximate surface area is 140 Å². The molecular formula is C15H27F3N4O2. The molecule has 24 heavy (non-hydrogen) atoms. The summed E-state index contributed by atoms with van der Waals surface area (Å²) in [7, 11) is 1.50. The van der Waals surface area contributed by atoms with Gasteiger partial charge in [-0.15, -0.1) is 0 Å². The number of halogens is 3. The van der Waals surface area contributed by atoms with Gasteiger partial charge in [-0.1, -0.05) is 0 Å². The Balaban J connectivity index is 2.47. The van der Waals surface area contributed by atoms with Gasteiger partial charge in [-0.3, -0.25) is 4.99 Å². The zero-order chi connectivity index (χ0) is 18.4. The molecule has 0 aliphatic carbocycles. The molecule has 0 radical (unpaired) electrons. The molecule has 1 atom stereocenters. The summed E-state index contributed by atoms with van der Waals surface area (Å²) in [6, 6.07) is -0.0802. The zero-order valence-electron chi connectivity index (χ0n) is 14.7. The van der Waals surface area contributed by atoms with Crippen molar-refractivity contribution in [2.45, 2.75) is 57.9 Å². The van der Waals surface area contributed by atoms with Crippen molar-refractivity contribution >= 4 is 12.1 Å². The number of ether oxygens (including phenoxy) is 1. The number of alkyl halides is 3. The Morgan fingerprint density at radius 3 is 2.54 bits per heavy atom. The van der Waals surface area contributed by atoms with Crippen molar-refractivity contribution in [2.75, 3.05) is 26.7 Å². The van der Waals surface area contributed by atoms with Crippen molar-refractivity contribution in [3.05, 3.63) is 0 Å². The number of hydrogen-bond donors (Lipinski definition) is 2. The fourth-order valence-electron chi connectivity index (χ4n) is 2.30. The highest BCUT2D eigenvalue weighted by molar-refractivity contribution is 5.80. The van der Waals surface area contributed by atoms with Crippen molar-refractivity contribution in [3.8, 4) is 0 Å². The van der Waals surface area contributed by atoms with Gasteiger partial charge in [0.25, 0.3) is 0 Å². The zero-order valence-corrected chi connectivity index (χ0v) is 14.7. The van der Waals surface area contributed by atoms with Crippen molar-refractivity contribution < 1.29 is 22.7 Å². The SMILES string of the molecule is CN=C(NCCC(F)(F)F)NC1CCCN(C(=O)OC(C)(C)C)C1. The molecule has 0 spiro atoms. The first-order chi connectivity index (χ1) is 11.0. The van der Waals surface area contributed by atoms with Crippen LogP contribution in [0.3, 0.4) is 0 Å². The Morgan fingerprint density at radius 2 is 2.00 bits per heavy atom. The number of nitrogens with one attached hydrogen (secondary N) is 2. The molecule has 1 rings (SSSR count). The molecule has 1 aliphatic heterocycles. The van der Waals surface area contributed by atoms with E-state index in [2.05, 4.69) is 15.6 Å². The number of guanidine groups is 1. The van der Waals surface area contributed by atoms with Crippen LogP contribution in [-0.4, -0.2) is 61.5 Å². The van der Waals surface area contributed by atoms with Gasteiger partial charge >= 0.3 is 12.3 Å². The quantitative estimate of drug-likeness (QED) is 0.605. The van der Waals surface area contributed by atoms with Gasteiger partial charge < -0.3 is 20.3 Å². The summed E-state index contributed by atoms with van der Waals surface area (Å²) in [5.74, 6) is 0.301. The summed E-state index contributed by atoms with van der Waals surface area (Å²) >= 11 is 0. The minimum atomic E-state index is -4.20. The van der Waals surface area contributed by atoms with Gasteiger partial charge in [0.1, 0.15) is 5.60 Å². The largest absolute Gasteiger partial charge is 0.444 e. The number of piperidine rings is 1. The average molecular weight is 352 g/mol. The molecule has 0 aromatic carbocycles. The maximum atomic E-state index is 12.2. The minimum absolute atomic E-state index is 0.0802. The monoisotopic (exact) mass is 352 g/mol. The lowest BCUT2D eigenvalue weighted by atomic mass is 10.1. The molecule has 140 valence electrons. The van der Waals surface area contributed by atoms with Gasteiger partial charge in [-0.05, 0) is 33.6 Å². The lowest BCUT2D eigenvalue weighted by molar-refractivity contribution is -0.132. The van der Waals surface area contributed by atoms with Gasteiger partial charge in [0, 0.05) is 32.7 Å². The number of hydrogen-bond acceptors (Lipinski definition) is 3. The summed E-state index contributed by atoms with van der Waals surface area (Å²) < 4.78 is 41.9. The molecule has 1 fully saturated rings. The molecule has 6 nitrogen and oxygen atoms in total. The van der Waals surface area contributed by atoms with E-state index in [4.69, 9.17) is 4.74 Å². The van der Waals surface area contributed by atoms with Gasteiger partial charge in [0.2, 0.25) is 0 Å². The molecule has 0 bridgehead atoms. The Kier molecular flexibility index (Phi) is 7.16. The normalized spacial score (nSPS) is 19.9. The van der Waals surface area contributed by atoms with Crippen molar-refractivity contribution in [3.63, 3.8) is 0 Å². The molecule has 9 heteroatoms. The molecule has 0 aromatic heterocycles. The highest BCUT2D eigenvalue weighted by Crippen LogP contribution is 2.18. The van der Waals surface area contributed by atoms with E-state index in [-0.39, 0.29) is 18.7 Å². The number of nitrogens with zero attached hydrogens (tertiary/aromatic N) is 2. The van der Waals surface area contributed by atoms with Crippen LogP contribution in [0.5, 0.6) is 0 Å². The fraction of sp³-hybridized carbons (Fsp3) is 0.867. The third kappa shape index (κ3) is 8.26. The van der Waals surface area contributed by atoms with E-state index in [9.17, 15) is 18.0 Å². The summed E-state index contributed by atoms with van der Waals surface area (Å²) in [5, 5.41) is 5.70. The molecule has 1 amide bonds. The first-order valence-electron chi connectivity index (χ1n) is 8.02. The van der Waals surface area contributed by atoms with Gasteiger partial charge in [0.15, 0.2) is 5.96 Å². The molecule has 0 saturated carbocycles. The lowest BCUT2D eigenvalue weighted by Crippen LogP contribution is -2.53. The second-order valence-electron chi connectivity index (χ2n) is 6.77. The van der Waals surface area contributed by atoms with Crippen LogP contribution in [0.4, 0.5) is 18.0 Å². The van der Waals surface area contributed by atoms with Gasteiger partial charge in [-0.25, -0.2) is 4.79 Å². The third-order valence-corrected chi connectivity index (χ3v) is 3.34. The maximum absolute atomic E-state index is 12.2. The van der Waals surface area contributed by atoms with Crippen LogP contribution in [0.25, 0.3) is 0 Å². The van der Waals surface area contributed by atoms with E-state index in [1.54, 1.807) is 25.7 Å². The minimum Gasteiger partial charge on any atom is -0.444 e. The van der Waals surface area contributed by atoms with Crippen LogP contribution in [0.15, 0.2) is 4.99 Å². The van der Waals surface area contributed by atoms with Crippen LogP contribution in [-0.2, 0) is 4.74 Å². The van der Waals surface area contributed by atoms with E-state index >= 15 is 0 Å². The Hall–Kier alpha value is -1.67. The molecule has 0 aromatic rings. The number of aliphatic imine (C=N–C) groups is 1. The second kappa shape index (κ2) is 8.43. The number of carbonyl (C=O) groups excluding carboxylic acids is 1. The smallest absolute Gasteiger partial charge is 0.410 e. The average Bonchev–Trinajstić information content (AvgIpc) is 2.43. The lowest BCUT2D eigenvalue weighted by Gasteiger charge is -2.35. The van der Waals surface area contributed by atoms with Crippen LogP contribution < -0.4 is 10.6 Å². The van der Waals surface area contributed by atoms with E-state index in [0.29, 0.717) is 19.0 Å². The van der Waals surface area contributed by atoms with Crippen molar-refractivity contribution in [1.82, 2.24) is 15.5 Å². The first-order valence-corrected chi connectivity index (χ1v) is 8.02.